The lowest BCUT2D eigenvalue weighted by Gasteiger charge is -2.34. The molecule has 244 valence electrons. The van der Waals surface area contributed by atoms with Gasteiger partial charge in [0.1, 0.15) is 12.6 Å². The number of carbonyl (C=O) groups excluding carboxylic acids is 2. The normalized spacial score (nSPS) is 13.9. The van der Waals surface area contributed by atoms with Gasteiger partial charge in [0, 0.05) is 35.6 Å². The molecule has 1 fully saturated rings. The van der Waals surface area contributed by atoms with E-state index in [0.29, 0.717) is 0 Å². The van der Waals surface area contributed by atoms with Crippen LogP contribution in [0.15, 0.2) is 119 Å². The summed E-state index contributed by atoms with van der Waals surface area (Å²) in [5, 5.41) is 14.8. The number of sulfonamides is 1. The average molecular weight is 720 g/mol. The Morgan fingerprint density at radius 2 is 1.51 bits per heavy atom. The molecule has 2 amide bonds. The van der Waals surface area contributed by atoms with Crippen molar-refractivity contribution < 1.29 is 22.9 Å². The van der Waals surface area contributed by atoms with Crippen molar-refractivity contribution in [3.8, 4) is 0 Å². The van der Waals surface area contributed by atoms with Gasteiger partial charge in [-0.05, 0) is 54.3 Å². The number of nitro benzene ring substituents is 1. The lowest BCUT2D eigenvalue weighted by Crippen LogP contribution is -2.54. The first-order valence-electron chi connectivity index (χ1n) is 15.3. The molecule has 12 heteroatoms. The van der Waals surface area contributed by atoms with Crippen LogP contribution in [0, 0.1) is 10.1 Å². The molecule has 0 spiro atoms. The van der Waals surface area contributed by atoms with E-state index < -0.39 is 33.4 Å². The number of amides is 2. The minimum absolute atomic E-state index is 0.0107. The molecule has 0 aromatic heterocycles. The van der Waals surface area contributed by atoms with Crippen molar-refractivity contribution in [2.24, 2.45) is 0 Å². The van der Waals surface area contributed by atoms with Crippen molar-refractivity contribution in [2.45, 2.75) is 55.6 Å². The molecule has 1 saturated carbocycles. The molecule has 10 nitrogen and oxygen atoms in total. The lowest BCUT2D eigenvalue weighted by atomic mass is 10.0. The van der Waals surface area contributed by atoms with Crippen LogP contribution in [-0.2, 0) is 32.6 Å². The third-order valence-electron chi connectivity index (χ3n) is 8.15. The van der Waals surface area contributed by atoms with E-state index in [1.165, 1.54) is 35.2 Å². The van der Waals surface area contributed by atoms with Crippen molar-refractivity contribution >= 4 is 49.1 Å². The summed E-state index contributed by atoms with van der Waals surface area (Å²) in [6.45, 7) is -0.684. The van der Waals surface area contributed by atoms with E-state index in [1.807, 2.05) is 54.6 Å². The van der Waals surface area contributed by atoms with E-state index in [2.05, 4.69) is 21.2 Å². The molecule has 4 aromatic rings. The highest BCUT2D eigenvalue weighted by molar-refractivity contribution is 9.10. The Morgan fingerprint density at radius 1 is 0.872 bits per heavy atom. The van der Waals surface area contributed by atoms with Gasteiger partial charge in [-0.2, -0.15) is 0 Å². The lowest BCUT2D eigenvalue weighted by molar-refractivity contribution is -0.384. The molecular weight excluding hydrogens is 684 g/mol. The molecule has 1 N–H and O–H groups in total. The van der Waals surface area contributed by atoms with Crippen LogP contribution in [0.25, 0.3) is 0 Å². The summed E-state index contributed by atoms with van der Waals surface area (Å²) in [6, 6.07) is 28.4. The number of benzene rings is 4. The first kappa shape index (κ1) is 33.8. The highest BCUT2D eigenvalue weighted by Crippen LogP contribution is 2.28. The number of nitrogens with one attached hydrogen (secondary N) is 1. The molecule has 0 aliphatic heterocycles. The molecule has 5 rings (SSSR count). The number of anilines is 1. The predicted octanol–water partition coefficient (Wildman–Crippen LogP) is 6.25. The highest BCUT2D eigenvalue weighted by atomic mass is 79.9. The Labute approximate surface area is 282 Å². The van der Waals surface area contributed by atoms with E-state index in [0.717, 1.165) is 51.7 Å². The molecule has 1 atom stereocenters. The molecule has 1 aliphatic carbocycles. The van der Waals surface area contributed by atoms with Gasteiger partial charge in [-0.15, -0.1) is 0 Å². The van der Waals surface area contributed by atoms with Gasteiger partial charge in [-0.3, -0.25) is 24.0 Å². The fourth-order valence-electron chi connectivity index (χ4n) is 5.76. The Hall–Kier alpha value is -4.55. The van der Waals surface area contributed by atoms with Gasteiger partial charge < -0.3 is 10.2 Å². The van der Waals surface area contributed by atoms with Crippen LogP contribution in [0.3, 0.4) is 0 Å². The van der Waals surface area contributed by atoms with Crippen LogP contribution in [0.4, 0.5) is 11.4 Å². The van der Waals surface area contributed by atoms with Crippen LogP contribution >= 0.6 is 15.9 Å². The van der Waals surface area contributed by atoms with Gasteiger partial charge in [0.25, 0.3) is 15.7 Å². The standard InChI is InChI=1S/C35H35BrN4O6S/c36-28-14-9-13-27(21-28)24-38(33(22-26-11-3-1-4-12-26)35(42)37-29-15-7-8-16-29)34(41)25-39(30-17-10-18-31(23-30)40(43)44)47(45,46)32-19-5-2-6-20-32/h1-6,9-14,17-21,23,29,33H,7-8,15-16,22,24-25H2,(H,37,42)/t33-/m0/s1. The van der Waals surface area contributed by atoms with Crippen LogP contribution in [0.1, 0.15) is 36.8 Å². The minimum Gasteiger partial charge on any atom is -0.352 e. The van der Waals surface area contributed by atoms with Gasteiger partial charge in [0.2, 0.25) is 11.8 Å². The molecule has 0 unspecified atom stereocenters. The number of carbonyl (C=O) groups is 2. The Balaban J connectivity index is 1.58. The van der Waals surface area contributed by atoms with Gasteiger partial charge in [-0.1, -0.05) is 95.5 Å². The molecule has 1 aliphatic rings. The van der Waals surface area contributed by atoms with Crippen LogP contribution in [0.5, 0.6) is 0 Å². The first-order chi connectivity index (χ1) is 22.6. The average Bonchev–Trinajstić information content (AvgIpc) is 3.59. The predicted molar refractivity (Wildman–Crippen MR) is 183 cm³/mol. The first-order valence-corrected chi connectivity index (χ1v) is 17.6. The molecule has 4 aromatic carbocycles. The van der Waals surface area contributed by atoms with Crippen LogP contribution in [-0.4, -0.2) is 48.7 Å². The zero-order chi connectivity index (χ0) is 33.4. The van der Waals surface area contributed by atoms with E-state index in [-0.39, 0.29) is 41.2 Å². The summed E-state index contributed by atoms with van der Waals surface area (Å²) in [5.74, 6) is -0.963. The number of halogens is 1. The molecule has 0 bridgehead atoms. The Kier molecular flexibility index (Phi) is 11.0. The van der Waals surface area contributed by atoms with Gasteiger partial charge in [0.15, 0.2) is 0 Å². The Morgan fingerprint density at radius 3 is 2.17 bits per heavy atom. The zero-order valence-corrected chi connectivity index (χ0v) is 28.0. The summed E-state index contributed by atoms with van der Waals surface area (Å²) in [7, 11) is -4.37. The monoisotopic (exact) mass is 718 g/mol. The molecular formula is C35H35BrN4O6S. The van der Waals surface area contributed by atoms with Crippen LogP contribution < -0.4 is 9.62 Å². The van der Waals surface area contributed by atoms with Gasteiger partial charge in [-0.25, -0.2) is 8.42 Å². The van der Waals surface area contributed by atoms with Crippen molar-refractivity contribution in [1.29, 1.82) is 0 Å². The van der Waals surface area contributed by atoms with Crippen molar-refractivity contribution in [3.05, 3.63) is 135 Å². The summed E-state index contributed by atoms with van der Waals surface area (Å²) in [6.07, 6.45) is 3.90. The van der Waals surface area contributed by atoms with Crippen LogP contribution in [0.2, 0.25) is 0 Å². The van der Waals surface area contributed by atoms with Gasteiger partial charge in [0.05, 0.1) is 15.5 Å². The van der Waals surface area contributed by atoms with Crippen molar-refractivity contribution in [3.63, 3.8) is 0 Å². The highest BCUT2D eigenvalue weighted by Gasteiger charge is 2.36. The number of nitrogens with zero attached hydrogens (tertiary/aromatic N) is 3. The Bertz CT molecular complexity index is 1820. The number of hydrogen-bond donors (Lipinski definition) is 1. The van der Waals surface area contributed by atoms with Crippen molar-refractivity contribution in [1.82, 2.24) is 10.2 Å². The maximum absolute atomic E-state index is 14.6. The maximum Gasteiger partial charge on any atom is 0.271 e. The second-order valence-electron chi connectivity index (χ2n) is 11.4. The topological polar surface area (TPSA) is 130 Å². The number of rotatable bonds is 13. The van der Waals surface area contributed by atoms with E-state index in [9.17, 15) is 28.1 Å². The molecule has 0 heterocycles. The maximum atomic E-state index is 14.6. The number of nitro groups is 1. The van der Waals surface area contributed by atoms with E-state index in [1.54, 1.807) is 18.2 Å². The molecule has 47 heavy (non-hydrogen) atoms. The summed E-state index contributed by atoms with van der Waals surface area (Å²) in [4.78, 5) is 41.0. The number of hydrogen-bond acceptors (Lipinski definition) is 6. The quantitative estimate of drug-likeness (QED) is 0.129. The summed E-state index contributed by atoms with van der Waals surface area (Å²) < 4.78 is 29.9. The summed E-state index contributed by atoms with van der Waals surface area (Å²) >= 11 is 3.48. The smallest absolute Gasteiger partial charge is 0.271 e. The fraction of sp³-hybridized carbons (Fsp3) is 0.257. The third-order valence-corrected chi connectivity index (χ3v) is 10.4. The van der Waals surface area contributed by atoms with Crippen molar-refractivity contribution in [2.75, 3.05) is 10.8 Å². The fourth-order valence-corrected chi connectivity index (χ4v) is 7.64. The number of non-ortho nitro benzene ring substituents is 1. The molecule has 0 radical (unpaired) electrons. The summed E-state index contributed by atoms with van der Waals surface area (Å²) in [5.41, 5.74) is 1.19. The third kappa shape index (κ3) is 8.63. The molecule has 0 saturated heterocycles. The second-order valence-corrected chi connectivity index (χ2v) is 14.2. The second kappa shape index (κ2) is 15.4. The zero-order valence-electron chi connectivity index (χ0n) is 25.6. The van der Waals surface area contributed by atoms with E-state index >= 15 is 0 Å². The minimum atomic E-state index is -4.37. The van der Waals surface area contributed by atoms with Gasteiger partial charge >= 0.3 is 0 Å². The SMILES string of the molecule is O=C(NC1CCCC1)[C@H](Cc1ccccc1)N(Cc1cccc(Br)c1)C(=O)CN(c1cccc([N+](=O)[O-])c1)S(=O)(=O)c1ccccc1. The largest absolute Gasteiger partial charge is 0.352 e. The van der Waals surface area contributed by atoms with E-state index in [4.69, 9.17) is 0 Å².